The number of nitrogens with one attached hydrogen (secondary N) is 1. The minimum atomic E-state index is -4.59. The average molecular weight is 1050 g/mol. The normalized spacial score (nSPS) is 14.2. The smallest absolute Gasteiger partial charge is 0.268 e. The average Bonchev–Trinajstić information content (AvgIpc) is 3.35. The number of phosphoric ester groups is 1. The Bertz CT molecular complexity index is 1370. The molecular formula is C64H121N2O6P. The monoisotopic (exact) mass is 1040 g/mol. The molecule has 0 spiro atoms. The lowest BCUT2D eigenvalue weighted by atomic mass is 10.0. The predicted molar refractivity (Wildman–Crippen MR) is 316 cm³/mol. The Kier molecular flexibility index (Phi) is 53.6. The number of allylic oxidation sites excluding steroid dienone is 9. The maximum atomic E-state index is 12.9. The number of nitrogens with zero attached hydrogens (tertiary/aromatic N) is 1. The maximum Gasteiger partial charge on any atom is 0.268 e. The predicted octanol–water partition coefficient (Wildman–Crippen LogP) is 18.6. The van der Waals surface area contributed by atoms with Crippen molar-refractivity contribution in [3.8, 4) is 0 Å². The zero-order valence-electron chi connectivity index (χ0n) is 48.8. The van der Waals surface area contributed by atoms with Crippen LogP contribution in [0.15, 0.2) is 60.8 Å². The first-order valence-electron chi connectivity index (χ1n) is 31.2. The van der Waals surface area contributed by atoms with Gasteiger partial charge in [-0.05, 0) is 57.8 Å². The van der Waals surface area contributed by atoms with Gasteiger partial charge in [0.2, 0.25) is 5.91 Å². The van der Waals surface area contributed by atoms with E-state index in [-0.39, 0.29) is 19.1 Å². The highest BCUT2D eigenvalue weighted by atomic mass is 31.2. The third kappa shape index (κ3) is 57.7. The molecule has 0 aliphatic carbocycles. The van der Waals surface area contributed by atoms with Crippen LogP contribution >= 0.6 is 7.82 Å². The van der Waals surface area contributed by atoms with Gasteiger partial charge >= 0.3 is 0 Å². The van der Waals surface area contributed by atoms with Crippen LogP contribution in [0.2, 0.25) is 0 Å². The summed E-state index contributed by atoms with van der Waals surface area (Å²) in [4.78, 5) is 25.4. The molecule has 0 aromatic rings. The highest BCUT2D eigenvalue weighted by molar-refractivity contribution is 7.45. The van der Waals surface area contributed by atoms with Gasteiger partial charge in [-0.2, -0.15) is 0 Å². The molecule has 8 nitrogen and oxygen atoms in total. The molecule has 3 unspecified atom stereocenters. The third-order valence-corrected chi connectivity index (χ3v) is 14.9. The van der Waals surface area contributed by atoms with Crippen molar-refractivity contribution in [3.63, 3.8) is 0 Å². The topological polar surface area (TPSA) is 108 Å². The lowest BCUT2D eigenvalue weighted by Crippen LogP contribution is -2.45. The highest BCUT2D eigenvalue weighted by Crippen LogP contribution is 2.38. The summed E-state index contributed by atoms with van der Waals surface area (Å²) in [6.45, 7) is 4.53. The Hall–Kier alpha value is -1.80. The molecule has 73 heavy (non-hydrogen) atoms. The van der Waals surface area contributed by atoms with Crippen molar-refractivity contribution in [2.75, 3.05) is 40.9 Å². The van der Waals surface area contributed by atoms with Crippen LogP contribution in [0.5, 0.6) is 0 Å². The van der Waals surface area contributed by atoms with Gasteiger partial charge in [0.1, 0.15) is 13.2 Å². The maximum absolute atomic E-state index is 12.9. The standard InChI is InChI=1S/C64H121N2O6P/c1-6-8-10-12-14-16-18-19-20-21-22-23-24-25-26-27-28-29-30-31-32-33-34-35-36-37-38-39-40-41-42-43-44-45-46-47-48-50-52-54-56-58-64(68)65-62(61-72-73(69,70)71-60-59-66(3,4)5)63(67)57-55-53-51-49-17-15-13-11-9-7-2/h8,10,14,16,19-20,22-23,55,57,62-63,67H,6-7,9,11-13,15,17-18,21,24-54,56,58-61H2,1-5H3,(H-,65,68,69,70)/b10-8-,16-14-,20-19-,23-22-,57-55+. The molecule has 3 atom stereocenters. The molecule has 0 heterocycles. The number of aliphatic hydroxyl groups excluding tert-OH is 1. The summed E-state index contributed by atoms with van der Waals surface area (Å²) in [5.74, 6) is -0.195. The third-order valence-electron chi connectivity index (χ3n) is 14.0. The van der Waals surface area contributed by atoms with Gasteiger partial charge in [-0.3, -0.25) is 9.36 Å². The fraction of sp³-hybridized carbons (Fsp3) is 0.828. The summed E-state index contributed by atoms with van der Waals surface area (Å²) in [6.07, 6.45) is 75.0. The van der Waals surface area contributed by atoms with Crippen molar-refractivity contribution in [1.29, 1.82) is 0 Å². The number of likely N-dealkylation sites (N-methyl/N-ethyl adjacent to an activating group) is 1. The van der Waals surface area contributed by atoms with Crippen molar-refractivity contribution in [1.82, 2.24) is 5.32 Å². The molecule has 0 aromatic heterocycles. The van der Waals surface area contributed by atoms with E-state index in [9.17, 15) is 19.4 Å². The van der Waals surface area contributed by atoms with E-state index in [0.29, 0.717) is 17.4 Å². The Morgan fingerprint density at radius 2 is 0.836 bits per heavy atom. The second-order valence-corrected chi connectivity index (χ2v) is 23.8. The number of carbonyl (C=O) groups is 1. The van der Waals surface area contributed by atoms with Gasteiger partial charge in [-0.1, -0.05) is 286 Å². The van der Waals surface area contributed by atoms with Crippen LogP contribution in [0.25, 0.3) is 0 Å². The summed E-state index contributed by atoms with van der Waals surface area (Å²) >= 11 is 0. The Balaban J connectivity index is 3.78. The number of phosphoric acid groups is 1. The van der Waals surface area contributed by atoms with Crippen molar-refractivity contribution < 1.29 is 32.9 Å². The molecule has 0 aromatic carbocycles. The quantitative estimate of drug-likeness (QED) is 0.0272. The lowest BCUT2D eigenvalue weighted by Gasteiger charge is -2.29. The molecular weight excluding hydrogens is 924 g/mol. The van der Waals surface area contributed by atoms with Crippen LogP contribution < -0.4 is 10.2 Å². The van der Waals surface area contributed by atoms with Crippen molar-refractivity contribution in [2.24, 2.45) is 0 Å². The van der Waals surface area contributed by atoms with Crippen molar-refractivity contribution in [2.45, 2.75) is 302 Å². The summed E-state index contributed by atoms with van der Waals surface area (Å²) < 4.78 is 23.3. The van der Waals surface area contributed by atoms with Gasteiger partial charge < -0.3 is 28.8 Å². The van der Waals surface area contributed by atoms with Crippen LogP contribution in [0, 0.1) is 0 Å². The first-order chi connectivity index (χ1) is 35.5. The number of rotatable bonds is 57. The van der Waals surface area contributed by atoms with Crippen LogP contribution in [0.3, 0.4) is 0 Å². The number of unbranched alkanes of at least 4 members (excludes halogenated alkanes) is 36. The first-order valence-corrected chi connectivity index (χ1v) is 32.6. The van der Waals surface area contributed by atoms with Gasteiger partial charge in [0, 0.05) is 6.42 Å². The van der Waals surface area contributed by atoms with E-state index in [2.05, 4.69) is 67.8 Å². The van der Waals surface area contributed by atoms with Gasteiger partial charge in [0.15, 0.2) is 0 Å². The van der Waals surface area contributed by atoms with E-state index in [4.69, 9.17) is 9.05 Å². The lowest BCUT2D eigenvalue weighted by molar-refractivity contribution is -0.870. The Morgan fingerprint density at radius 3 is 1.22 bits per heavy atom. The zero-order chi connectivity index (χ0) is 53.5. The summed E-state index contributed by atoms with van der Waals surface area (Å²) in [7, 11) is 1.27. The largest absolute Gasteiger partial charge is 0.756 e. The van der Waals surface area contributed by atoms with Crippen molar-refractivity contribution >= 4 is 13.7 Å². The number of quaternary nitrogens is 1. The Labute approximate surface area is 453 Å². The molecule has 0 radical (unpaired) electrons. The molecule has 0 aliphatic rings. The van der Waals surface area contributed by atoms with Gasteiger partial charge in [0.25, 0.3) is 7.82 Å². The van der Waals surface area contributed by atoms with Crippen molar-refractivity contribution in [3.05, 3.63) is 60.8 Å². The van der Waals surface area contributed by atoms with Gasteiger partial charge in [-0.15, -0.1) is 0 Å². The van der Waals surface area contributed by atoms with E-state index < -0.39 is 20.0 Å². The van der Waals surface area contributed by atoms with E-state index >= 15 is 0 Å². The summed E-state index contributed by atoms with van der Waals surface area (Å²) in [6, 6.07) is -0.883. The fourth-order valence-corrected chi connectivity index (χ4v) is 9.87. The molecule has 0 saturated carbocycles. The molecule has 0 saturated heterocycles. The second-order valence-electron chi connectivity index (χ2n) is 22.4. The molecule has 428 valence electrons. The molecule has 0 fully saturated rings. The van der Waals surface area contributed by atoms with Crippen LogP contribution in [-0.2, 0) is 18.4 Å². The molecule has 2 N–H and O–H groups in total. The minimum Gasteiger partial charge on any atom is -0.756 e. The van der Waals surface area contributed by atoms with Crippen LogP contribution in [-0.4, -0.2) is 68.5 Å². The number of carbonyl (C=O) groups excluding carboxylic acids is 1. The van der Waals surface area contributed by atoms with Crippen LogP contribution in [0.1, 0.15) is 290 Å². The minimum absolute atomic E-state index is 0.0000492. The fourth-order valence-electron chi connectivity index (χ4n) is 9.15. The zero-order valence-corrected chi connectivity index (χ0v) is 49.7. The SMILES string of the molecule is CC/C=C\C/C=C\C/C=C\C/C=C\CCCCCCCCCCCCCCCCCCCCCCCCCCCCCCC(=O)NC(COP(=O)([O-])OCC[N+](C)(C)C)C(O)/C=C/CCCCCCCCCC. The molecule has 9 heteroatoms. The molecule has 0 rings (SSSR count). The van der Waals surface area contributed by atoms with E-state index in [1.807, 2.05) is 27.2 Å². The number of amides is 1. The Morgan fingerprint density at radius 1 is 0.493 bits per heavy atom. The number of hydrogen-bond donors (Lipinski definition) is 2. The van der Waals surface area contributed by atoms with Crippen LogP contribution in [0.4, 0.5) is 0 Å². The van der Waals surface area contributed by atoms with E-state index in [0.717, 1.165) is 64.2 Å². The van der Waals surface area contributed by atoms with E-state index in [1.165, 1.54) is 205 Å². The van der Waals surface area contributed by atoms with Gasteiger partial charge in [-0.25, -0.2) is 0 Å². The van der Waals surface area contributed by atoms with Gasteiger partial charge in [0.05, 0.1) is 39.9 Å². The summed E-state index contributed by atoms with van der Waals surface area (Å²) in [5, 5.41) is 13.8. The molecule has 0 aliphatic heterocycles. The first kappa shape index (κ1) is 71.2. The molecule has 0 bridgehead atoms. The number of aliphatic hydroxyl groups is 1. The second kappa shape index (κ2) is 55.0. The highest BCUT2D eigenvalue weighted by Gasteiger charge is 2.23. The van der Waals surface area contributed by atoms with E-state index in [1.54, 1.807) is 6.08 Å². The summed E-state index contributed by atoms with van der Waals surface area (Å²) in [5.41, 5.74) is 0. The molecule has 1 amide bonds. The number of hydrogen-bond acceptors (Lipinski definition) is 6.